The summed E-state index contributed by atoms with van der Waals surface area (Å²) in [6.07, 6.45) is 1.34. The van der Waals surface area contributed by atoms with Gasteiger partial charge in [0.2, 0.25) is 5.91 Å². The van der Waals surface area contributed by atoms with E-state index in [2.05, 4.69) is 5.32 Å². The van der Waals surface area contributed by atoms with Crippen molar-refractivity contribution < 1.29 is 13.2 Å². The zero-order valence-corrected chi connectivity index (χ0v) is 14.2. The van der Waals surface area contributed by atoms with Gasteiger partial charge in [0.25, 0.3) is 10.2 Å². The van der Waals surface area contributed by atoms with Crippen molar-refractivity contribution in [2.75, 3.05) is 32.5 Å². The molecule has 1 heterocycles. The van der Waals surface area contributed by atoms with E-state index in [1.54, 1.807) is 24.3 Å². The van der Waals surface area contributed by atoms with Crippen LogP contribution in [0.15, 0.2) is 24.3 Å². The van der Waals surface area contributed by atoms with Crippen molar-refractivity contribution in [1.82, 2.24) is 8.61 Å². The molecule has 22 heavy (non-hydrogen) atoms. The van der Waals surface area contributed by atoms with Gasteiger partial charge in [-0.2, -0.15) is 17.0 Å². The lowest BCUT2D eigenvalue weighted by Crippen LogP contribution is -2.47. The number of carbonyl (C=O) groups excluding carboxylic acids is 1. The maximum atomic E-state index is 12.3. The number of nitrogens with one attached hydrogen (secondary N) is 1. The second-order valence-electron chi connectivity index (χ2n) is 5.49. The molecule has 2 rings (SSSR count). The average molecular weight is 346 g/mol. The van der Waals surface area contributed by atoms with Crippen molar-refractivity contribution in [3.63, 3.8) is 0 Å². The fourth-order valence-electron chi connectivity index (χ4n) is 2.41. The highest BCUT2D eigenvalue weighted by Gasteiger charge is 2.33. The summed E-state index contributed by atoms with van der Waals surface area (Å²) < 4.78 is 26.8. The molecule has 1 fully saturated rings. The van der Waals surface area contributed by atoms with Crippen LogP contribution in [0.25, 0.3) is 0 Å². The predicted octanol–water partition coefficient (Wildman–Crippen LogP) is 1.80. The number of carbonyl (C=O) groups is 1. The van der Waals surface area contributed by atoms with Crippen LogP contribution in [0.5, 0.6) is 0 Å². The maximum absolute atomic E-state index is 12.3. The summed E-state index contributed by atoms with van der Waals surface area (Å²) in [5.74, 6) is -0.539. The van der Waals surface area contributed by atoms with Crippen molar-refractivity contribution in [2.24, 2.45) is 5.92 Å². The Morgan fingerprint density at radius 1 is 1.41 bits per heavy atom. The van der Waals surface area contributed by atoms with Gasteiger partial charge in [0, 0.05) is 37.9 Å². The van der Waals surface area contributed by atoms with E-state index >= 15 is 0 Å². The van der Waals surface area contributed by atoms with Crippen LogP contribution in [0, 0.1) is 5.92 Å². The molecule has 0 aliphatic carbocycles. The number of nitrogens with zero attached hydrogens (tertiary/aromatic N) is 2. The van der Waals surface area contributed by atoms with Crippen molar-refractivity contribution in [3.05, 3.63) is 29.3 Å². The van der Waals surface area contributed by atoms with Gasteiger partial charge in [-0.05, 0) is 31.0 Å². The highest BCUT2D eigenvalue weighted by Crippen LogP contribution is 2.22. The van der Waals surface area contributed by atoms with E-state index < -0.39 is 10.2 Å². The van der Waals surface area contributed by atoms with Crippen molar-refractivity contribution in [3.8, 4) is 0 Å². The number of rotatable bonds is 4. The molecule has 0 saturated carbocycles. The molecule has 0 radical (unpaired) electrons. The standard InChI is InChI=1S/C14H20ClN3O3S/c1-17(2)22(20,21)18-8-4-5-11(10-18)14(19)16-13-7-3-6-12(15)9-13/h3,6-7,9,11H,4-5,8,10H2,1-2H3,(H,16,19)/t11-/m0/s1. The molecule has 0 unspecified atom stereocenters. The topological polar surface area (TPSA) is 69.7 Å². The molecule has 122 valence electrons. The van der Waals surface area contributed by atoms with E-state index in [4.69, 9.17) is 11.6 Å². The predicted molar refractivity (Wildman–Crippen MR) is 87.0 cm³/mol. The summed E-state index contributed by atoms with van der Waals surface area (Å²) >= 11 is 5.89. The van der Waals surface area contributed by atoms with E-state index in [-0.39, 0.29) is 18.4 Å². The van der Waals surface area contributed by atoms with E-state index in [9.17, 15) is 13.2 Å². The molecular weight excluding hydrogens is 326 g/mol. The quantitative estimate of drug-likeness (QED) is 0.904. The van der Waals surface area contributed by atoms with Crippen LogP contribution in [0.3, 0.4) is 0 Å². The van der Waals surface area contributed by atoms with Gasteiger partial charge in [0.15, 0.2) is 0 Å². The van der Waals surface area contributed by atoms with Gasteiger partial charge < -0.3 is 5.32 Å². The third kappa shape index (κ3) is 3.98. The molecule has 1 amide bonds. The maximum Gasteiger partial charge on any atom is 0.281 e. The molecule has 1 aliphatic heterocycles. The first-order valence-corrected chi connectivity index (χ1v) is 8.82. The lowest BCUT2D eigenvalue weighted by Gasteiger charge is -2.32. The first-order valence-electron chi connectivity index (χ1n) is 7.05. The van der Waals surface area contributed by atoms with E-state index in [0.717, 1.165) is 0 Å². The summed E-state index contributed by atoms with van der Waals surface area (Å²) in [4.78, 5) is 12.3. The Bertz CT molecular complexity index is 648. The largest absolute Gasteiger partial charge is 0.326 e. The molecule has 1 saturated heterocycles. The fraction of sp³-hybridized carbons (Fsp3) is 0.500. The van der Waals surface area contributed by atoms with E-state index in [1.807, 2.05) is 0 Å². The number of anilines is 1. The minimum Gasteiger partial charge on any atom is -0.326 e. The molecule has 6 nitrogen and oxygen atoms in total. The minimum atomic E-state index is -3.48. The Kier molecular flexibility index (Phi) is 5.44. The van der Waals surface area contributed by atoms with Crippen LogP contribution in [0.2, 0.25) is 5.02 Å². The second kappa shape index (κ2) is 6.95. The highest BCUT2D eigenvalue weighted by atomic mass is 35.5. The average Bonchev–Trinajstić information content (AvgIpc) is 2.47. The van der Waals surface area contributed by atoms with Crippen LogP contribution < -0.4 is 5.32 Å². The van der Waals surface area contributed by atoms with Crippen LogP contribution in [-0.4, -0.2) is 50.1 Å². The number of amides is 1. The molecule has 1 atom stereocenters. The zero-order chi connectivity index (χ0) is 16.3. The number of hydrogen-bond donors (Lipinski definition) is 1. The monoisotopic (exact) mass is 345 g/mol. The molecule has 1 aromatic carbocycles. The molecule has 0 aromatic heterocycles. The van der Waals surface area contributed by atoms with Gasteiger partial charge in [-0.15, -0.1) is 0 Å². The smallest absolute Gasteiger partial charge is 0.281 e. The number of benzene rings is 1. The van der Waals surface area contributed by atoms with Crippen LogP contribution in [0.1, 0.15) is 12.8 Å². The van der Waals surface area contributed by atoms with Gasteiger partial charge in [0.05, 0.1) is 5.92 Å². The Morgan fingerprint density at radius 2 is 2.14 bits per heavy atom. The van der Waals surface area contributed by atoms with Crippen molar-refractivity contribution in [2.45, 2.75) is 12.8 Å². The van der Waals surface area contributed by atoms with Gasteiger partial charge in [-0.1, -0.05) is 17.7 Å². The van der Waals surface area contributed by atoms with Gasteiger partial charge in [-0.25, -0.2) is 0 Å². The van der Waals surface area contributed by atoms with Crippen molar-refractivity contribution in [1.29, 1.82) is 0 Å². The fourth-order valence-corrected chi connectivity index (χ4v) is 3.79. The lowest BCUT2D eigenvalue weighted by atomic mass is 9.99. The SMILES string of the molecule is CN(C)S(=O)(=O)N1CCC[C@H](C(=O)Nc2cccc(Cl)c2)C1. The number of halogens is 1. The Morgan fingerprint density at radius 3 is 2.77 bits per heavy atom. The summed E-state index contributed by atoms with van der Waals surface area (Å²) in [5, 5.41) is 3.34. The summed E-state index contributed by atoms with van der Waals surface area (Å²) in [5.41, 5.74) is 0.616. The second-order valence-corrected chi connectivity index (χ2v) is 8.07. The van der Waals surface area contributed by atoms with E-state index in [0.29, 0.717) is 30.1 Å². The molecule has 0 spiro atoms. The lowest BCUT2D eigenvalue weighted by molar-refractivity contribution is -0.120. The summed E-state index contributed by atoms with van der Waals surface area (Å²) in [6.45, 7) is 0.647. The molecule has 0 bridgehead atoms. The van der Waals surface area contributed by atoms with Crippen LogP contribution >= 0.6 is 11.6 Å². The third-order valence-corrected chi connectivity index (χ3v) is 5.78. The normalized spacial score (nSPS) is 20.1. The first-order chi connectivity index (χ1) is 10.3. The number of piperidine rings is 1. The number of hydrogen-bond acceptors (Lipinski definition) is 3. The molecule has 1 N–H and O–H groups in total. The van der Waals surface area contributed by atoms with Crippen LogP contribution in [-0.2, 0) is 15.0 Å². The first kappa shape index (κ1) is 17.2. The van der Waals surface area contributed by atoms with Gasteiger partial charge in [-0.3, -0.25) is 4.79 Å². The summed E-state index contributed by atoms with van der Waals surface area (Å²) in [6, 6.07) is 6.89. The molecule has 8 heteroatoms. The van der Waals surface area contributed by atoms with E-state index in [1.165, 1.54) is 22.7 Å². The zero-order valence-electron chi connectivity index (χ0n) is 12.6. The molecular formula is C14H20ClN3O3S. The molecule has 1 aliphatic rings. The summed E-state index contributed by atoms with van der Waals surface area (Å²) in [7, 11) is -0.498. The molecule has 1 aromatic rings. The van der Waals surface area contributed by atoms with Gasteiger partial charge in [0.1, 0.15) is 0 Å². The highest BCUT2D eigenvalue weighted by molar-refractivity contribution is 7.86. The minimum absolute atomic E-state index is 0.180. The van der Waals surface area contributed by atoms with Gasteiger partial charge >= 0.3 is 0 Å². The Labute approximate surface area is 136 Å². The Balaban J connectivity index is 2.04. The Hall–Kier alpha value is -1.15. The van der Waals surface area contributed by atoms with Crippen LogP contribution in [0.4, 0.5) is 5.69 Å². The third-order valence-electron chi connectivity index (χ3n) is 3.63. The van der Waals surface area contributed by atoms with Crippen molar-refractivity contribution >= 4 is 33.4 Å².